The predicted molar refractivity (Wildman–Crippen MR) is 67.7 cm³/mol. The van der Waals surface area contributed by atoms with Crippen LogP contribution >= 0.6 is 15.9 Å². The number of nitrogens with zero attached hydrogens (tertiary/aromatic N) is 1. The smallest absolute Gasteiger partial charge is 0.303 e. The van der Waals surface area contributed by atoms with Gasteiger partial charge in [-0.25, -0.2) is 0 Å². The van der Waals surface area contributed by atoms with Crippen molar-refractivity contribution in [3.63, 3.8) is 0 Å². The van der Waals surface area contributed by atoms with Gasteiger partial charge in [0.2, 0.25) is 5.91 Å². The number of carbonyl (C=O) groups excluding carboxylic acids is 1. The van der Waals surface area contributed by atoms with Gasteiger partial charge in [0.25, 0.3) is 0 Å². The SMILES string of the molecule is CN(Cc1ccc(Br)o1)C(=O)C(N)CCC(=O)O. The molecule has 18 heavy (non-hydrogen) atoms. The van der Waals surface area contributed by atoms with Crippen molar-refractivity contribution >= 4 is 27.8 Å². The molecule has 0 aliphatic heterocycles. The quantitative estimate of drug-likeness (QED) is 0.821. The fourth-order valence-electron chi connectivity index (χ4n) is 1.43. The first-order chi connectivity index (χ1) is 8.40. The molecule has 6 nitrogen and oxygen atoms in total. The van der Waals surface area contributed by atoms with Gasteiger partial charge >= 0.3 is 5.97 Å². The molecule has 0 radical (unpaired) electrons. The summed E-state index contributed by atoms with van der Waals surface area (Å²) in [6, 6.07) is 2.68. The summed E-state index contributed by atoms with van der Waals surface area (Å²) in [4.78, 5) is 23.6. The number of carboxylic acid groups (broad SMARTS) is 1. The number of carbonyl (C=O) groups is 2. The number of amides is 1. The average Bonchev–Trinajstić information content (AvgIpc) is 2.70. The standard InChI is InChI=1S/C11H15BrN2O4/c1-14(6-7-2-4-9(12)18-7)11(17)8(13)3-5-10(15)16/h2,4,8H,3,5-6,13H2,1H3,(H,15,16). The van der Waals surface area contributed by atoms with E-state index in [0.717, 1.165) is 0 Å². The third-order valence-corrected chi connectivity index (χ3v) is 2.81. The van der Waals surface area contributed by atoms with E-state index in [-0.39, 0.29) is 18.7 Å². The van der Waals surface area contributed by atoms with Gasteiger partial charge < -0.3 is 20.2 Å². The Morgan fingerprint density at radius 1 is 1.56 bits per heavy atom. The van der Waals surface area contributed by atoms with Gasteiger partial charge in [-0.05, 0) is 34.5 Å². The van der Waals surface area contributed by atoms with Gasteiger partial charge in [0.1, 0.15) is 5.76 Å². The van der Waals surface area contributed by atoms with Gasteiger partial charge in [0.15, 0.2) is 4.67 Å². The van der Waals surface area contributed by atoms with E-state index in [1.807, 2.05) is 0 Å². The topological polar surface area (TPSA) is 96.8 Å². The van der Waals surface area contributed by atoms with Gasteiger partial charge in [-0.15, -0.1) is 0 Å². The largest absolute Gasteiger partial charge is 0.481 e. The monoisotopic (exact) mass is 318 g/mol. The maximum atomic E-state index is 11.8. The molecule has 0 saturated heterocycles. The molecule has 0 aromatic carbocycles. The Balaban J connectivity index is 2.47. The molecular weight excluding hydrogens is 304 g/mol. The molecule has 1 aromatic rings. The number of hydrogen-bond acceptors (Lipinski definition) is 4. The minimum Gasteiger partial charge on any atom is -0.481 e. The van der Waals surface area contributed by atoms with Gasteiger partial charge in [-0.1, -0.05) is 0 Å². The van der Waals surface area contributed by atoms with Crippen LogP contribution in [0.15, 0.2) is 21.2 Å². The molecular formula is C11H15BrN2O4. The highest BCUT2D eigenvalue weighted by atomic mass is 79.9. The maximum absolute atomic E-state index is 11.8. The number of carboxylic acids is 1. The van der Waals surface area contributed by atoms with Crippen LogP contribution in [-0.2, 0) is 16.1 Å². The van der Waals surface area contributed by atoms with Crippen LogP contribution in [0.3, 0.4) is 0 Å². The molecule has 0 aliphatic carbocycles. The summed E-state index contributed by atoms with van der Waals surface area (Å²) in [5.41, 5.74) is 5.63. The van der Waals surface area contributed by atoms with E-state index in [1.54, 1.807) is 19.2 Å². The van der Waals surface area contributed by atoms with E-state index in [0.29, 0.717) is 17.0 Å². The van der Waals surface area contributed by atoms with Crippen LogP contribution in [0.25, 0.3) is 0 Å². The summed E-state index contributed by atoms with van der Waals surface area (Å²) >= 11 is 3.17. The summed E-state index contributed by atoms with van der Waals surface area (Å²) in [6.07, 6.45) is 0.00734. The fourth-order valence-corrected chi connectivity index (χ4v) is 1.77. The molecule has 1 heterocycles. The highest BCUT2D eigenvalue weighted by Gasteiger charge is 2.19. The third kappa shape index (κ3) is 4.50. The van der Waals surface area contributed by atoms with E-state index < -0.39 is 12.0 Å². The maximum Gasteiger partial charge on any atom is 0.303 e. The first kappa shape index (κ1) is 14.7. The molecule has 7 heteroatoms. The van der Waals surface area contributed by atoms with Crippen LogP contribution < -0.4 is 5.73 Å². The second-order valence-electron chi connectivity index (χ2n) is 3.94. The fraction of sp³-hybridized carbons (Fsp3) is 0.455. The zero-order valence-corrected chi connectivity index (χ0v) is 11.5. The van der Waals surface area contributed by atoms with E-state index in [2.05, 4.69) is 15.9 Å². The number of halogens is 1. The molecule has 0 saturated carbocycles. The van der Waals surface area contributed by atoms with Crippen LogP contribution in [0.4, 0.5) is 0 Å². The van der Waals surface area contributed by atoms with Gasteiger partial charge in [-0.2, -0.15) is 0 Å². The second kappa shape index (κ2) is 6.55. The zero-order chi connectivity index (χ0) is 13.7. The van der Waals surface area contributed by atoms with Gasteiger partial charge in [-0.3, -0.25) is 9.59 Å². The van der Waals surface area contributed by atoms with E-state index in [9.17, 15) is 9.59 Å². The van der Waals surface area contributed by atoms with E-state index >= 15 is 0 Å². The molecule has 0 fully saturated rings. The van der Waals surface area contributed by atoms with Crippen molar-refractivity contribution in [1.82, 2.24) is 4.90 Å². The average molecular weight is 319 g/mol. The molecule has 1 aromatic heterocycles. The Labute approximate surface area is 113 Å². The van der Waals surface area contributed by atoms with Crippen LogP contribution in [-0.4, -0.2) is 35.0 Å². The number of nitrogens with two attached hydrogens (primary N) is 1. The molecule has 1 amide bonds. The second-order valence-corrected chi connectivity index (χ2v) is 4.72. The van der Waals surface area contributed by atoms with Crippen LogP contribution in [0.1, 0.15) is 18.6 Å². The molecule has 1 unspecified atom stereocenters. The normalized spacial score (nSPS) is 12.2. The summed E-state index contributed by atoms with van der Waals surface area (Å²) < 4.78 is 5.86. The van der Waals surface area contributed by atoms with Crippen molar-refractivity contribution in [2.75, 3.05) is 7.05 Å². The highest BCUT2D eigenvalue weighted by molar-refractivity contribution is 9.10. The summed E-state index contributed by atoms with van der Waals surface area (Å²) in [7, 11) is 1.60. The Morgan fingerprint density at radius 2 is 2.22 bits per heavy atom. The number of hydrogen-bond donors (Lipinski definition) is 2. The number of likely N-dealkylation sites (N-methyl/N-ethyl adjacent to an activating group) is 1. The van der Waals surface area contributed by atoms with E-state index in [1.165, 1.54) is 4.90 Å². The third-order valence-electron chi connectivity index (χ3n) is 2.38. The first-order valence-electron chi connectivity index (χ1n) is 5.36. The van der Waals surface area contributed by atoms with Crippen LogP contribution in [0.5, 0.6) is 0 Å². The van der Waals surface area contributed by atoms with Crippen molar-refractivity contribution in [2.45, 2.75) is 25.4 Å². The molecule has 1 atom stereocenters. The van der Waals surface area contributed by atoms with E-state index in [4.69, 9.17) is 15.3 Å². The van der Waals surface area contributed by atoms with Crippen molar-refractivity contribution in [3.05, 3.63) is 22.6 Å². The summed E-state index contributed by atoms with van der Waals surface area (Å²) in [5, 5.41) is 8.52. The zero-order valence-electron chi connectivity index (χ0n) is 9.93. The van der Waals surface area contributed by atoms with Gasteiger partial charge in [0, 0.05) is 13.5 Å². The molecule has 0 bridgehead atoms. The van der Waals surface area contributed by atoms with Crippen LogP contribution in [0, 0.1) is 0 Å². The Kier molecular flexibility index (Phi) is 5.36. The molecule has 0 aliphatic rings. The molecule has 1 rings (SSSR count). The molecule has 100 valence electrons. The van der Waals surface area contributed by atoms with Crippen molar-refractivity contribution in [1.29, 1.82) is 0 Å². The Bertz CT molecular complexity index is 432. The minimum absolute atomic E-state index is 0.118. The lowest BCUT2D eigenvalue weighted by Gasteiger charge is -2.19. The molecule has 0 spiro atoms. The Hall–Kier alpha value is -1.34. The van der Waals surface area contributed by atoms with Gasteiger partial charge in [0.05, 0.1) is 12.6 Å². The predicted octanol–water partition coefficient (Wildman–Crippen LogP) is 1.19. The van der Waals surface area contributed by atoms with Crippen LogP contribution in [0.2, 0.25) is 0 Å². The number of rotatable bonds is 6. The highest BCUT2D eigenvalue weighted by Crippen LogP contribution is 2.15. The number of aliphatic carboxylic acids is 1. The lowest BCUT2D eigenvalue weighted by Crippen LogP contribution is -2.41. The summed E-state index contributed by atoms with van der Waals surface area (Å²) in [5.74, 6) is -0.636. The first-order valence-corrected chi connectivity index (χ1v) is 6.16. The lowest BCUT2D eigenvalue weighted by molar-refractivity contribution is -0.137. The van der Waals surface area contributed by atoms with Crippen molar-refractivity contribution in [2.24, 2.45) is 5.73 Å². The van der Waals surface area contributed by atoms with Crippen molar-refractivity contribution < 1.29 is 19.1 Å². The lowest BCUT2D eigenvalue weighted by atomic mass is 10.1. The minimum atomic E-state index is -0.962. The number of furan rings is 1. The summed E-state index contributed by atoms with van der Waals surface area (Å²) in [6.45, 7) is 0.297. The Morgan fingerprint density at radius 3 is 2.72 bits per heavy atom. The molecule has 3 N–H and O–H groups in total. The van der Waals surface area contributed by atoms with Crippen molar-refractivity contribution in [3.8, 4) is 0 Å².